The first kappa shape index (κ1) is 23.8. The summed E-state index contributed by atoms with van der Waals surface area (Å²) in [6, 6.07) is 15.1. The summed E-state index contributed by atoms with van der Waals surface area (Å²) in [5, 5.41) is 12.3. The summed E-state index contributed by atoms with van der Waals surface area (Å²) in [6.45, 7) is 5.31. The van der Waals surface area contributed by atoms with E-state index >= 15 is 0 Å². The van der Waals surface area contributed by atoms with Crippen molar-refractivity contribution in [1.82, 2.24) is 10.2 Å². The Bertz CT molecular complexity index is 1040. The summed E-state index contributed by atoms with van der Waals surface area (Å²) >= 11 is 0. The van der Waals surface area contributed by atoms with Crippen molar-refractivity contribution in [2.24, 2.45) is 0 Å². The molecule has 1 fully saturated rings. The Morgan fingerprint density at radius 2 is 1.56 bits per heavy atom. The zero-order valence-corrected chi connectivity index (χ0v) is 19.9. The van der Waals surface area contributed by atoms with E-state index in [0.29, 0.717) is 12.8 Å². The number of amides is 2. The van der Waals surface area contributed by atoms with Gasteiger partial charge in [0.25, 0.3) is 0 Å². The average molecular weight is 465 g/mol. The maximum Gasteiger partial charge on any atom is 0.408 e. The van der Waals surface area contributed by atoms with Crippen LogP contribution in [0.2, 0.25) is 0 Å². The Morgan fingerprint density at radius 1 is 1.03 bits per heavy atom. The molecule has 2 aliphatic carbocycles. The molecule has 0 saturated heterocycles. The van der Waals surface area contributed by atoms with E-state index in [4.69, 9.17) is 4.74 Å². The van der Waals surface area contributed by atoms with Crippen molar-refractivity contribution in [2.75, 3.05) is 6.61 Å². The molecule has 0 spiro atoms. The quantitative estimate of drug-likeness (QED) is 0.568. The summed E-state index contributed by atoms with van der Waals surface area (Å²) in [6.07, 6.45) is 1.55. The fourth-order valence-electron chi connectivity index (χ4n) is 4.99. The Labute approximate surface area is 200 Å². The van der Waals surface area contributed by atoms with Gasteiger partial charge in [-0.05, 0) is 54.9 Å². The summed E-state index contributed by atoms with van der Waals surface area (Å²) in [5.41, 5.74) is 3.29. The maximum atomic E-state index is 13.6. The number of carbonyl (C=O) groups is 3. The van der Waals surface area contributed by atoms with Gasteiger partial charge in [0.05, 0.1) is 0 Å². The predicted molar refractivity (Wildman–Crippen MR) is 128 cm³/mol. The minimum Gasteiger partial charge on any atom is -0.480 e. The number of carboxylic acid groups (broad SMARTS) is 1. The molecule has 2 aromatic carbocycles. The molecule has 0 aliphatic heterocycles. The number of carbonyl (C=O) groups excluding carboxylic acids is 2. The van der Waals surface area contributed by atoms with Crippen molar-refractivity contribution in [1.29, 1.82) is 0 Å². The van der Waals surface area contributed by atoms with Gasteiger partial charge in [-0.15, -0.1) is 0 Å². The minimum atomic E-state index is -1.21. The van der Waals surface area contributed by atoms with Crippen LogP contribution in [-0.2, 0) is 14.3 Å². The van der Waals surface area contributed by atoms with E-state index < -0.39 is 23.6 Å². The number of hydrogen-bond donors (Lipinski definition) is 2. The molecule has 0 radical (unpaired) electrons. The average Bonchev–Trinajstić information content (AvgIpc) is 3.63. The lowest BCUT2D eigenvalue weighted by Crippen LogP contribution is -2.62. The van der Waals surface area contributed by atoms with E-state index in [0.717, 1.165) is 35.1 Å². The van der Waals surface area contributed by atoms with Crippen LogP contribution in [0.4, 0.5) is 4.79 Å². The van der Waals surface area contributed by atoms with Gasteiger partial charge in [-0.2, -0.15) is 0 Å². The van der Waals surface area contributed by atoms with Gasteiger partial charge >= 0.3 is 12.1 Å². The van der Waals surface area contributed by atoms with E-state index in [1.54, 1.807) is 0 Å². The van der Waals surface area contributed by atoms with Crippen LogP contribution in [0.25, 0.3) is 11.1 Å². The number of rotatable bonds is 9. The van der Waals surface area contributed by atoms with Gasteiger partial charge < -0.3 is 20.1 Å². The van der Waals surface area contributed by atoms with Crippen molar-refractivity contribution in [2.45, 2.75) is 70.0 Å². The highest BCUT2D eigenvalue weighted by Crippen LogP contribution is 2.44. The number of carboxylic acids is 1. The zero-order valence-electron chi connectivity index (χ0n) is 19.9. The van der Waals surface area contributed by atoms with Crippen molar-refractivity contribution in [3.05, 3.63) is 59.7 Å². The molecule has 2 amide bonds. The van der Waals surface area contributed by atoms with Crippen molar-refractivity contribution >= 4 is 18.0 Å². The Kier molecular flexibility index (Phi) is 6.64. The predicted octanol–water partition coefficient (Wildman–Crippen LogP) is 4.55. The van der Waals surface area contributed by atoms with Gasteiger partial charge in [-0.1, -0.05) is 62.4 Å². The van der Waals surface area contributed by atoms with E-state index in [1.807, 2.05) is 50.2 Å². The summed E-state index contributed by atoms with van der Waals surface area (Å²) in [7, 11) is 0. The highest BCUT2D eigenvalue weighted by molar-refractivity contribution is 5.93. The van der Waals surface area contributed by atoms with Crippen molar-refractivity contribution in [3.8, 4) is 11.1 Å². The number of ether oxygens (including phenoxy) is 1. The zero-order chi connectivity index (χ0) is 24.5. The number of nitrogens with one attached hydrogen (secondary N) is 1. The van der Waals surface area contributed by atoms with E-state index in [-0.39, 0.29) is 24.5 Å². The molecule has 7 nitrogen and oxygen atoms in total. The van der Waals surface area contributed by atoms with Gasteiger partial charge in [0.2, 0.25) is 5.91 Å². The molecule has 2 aromatic rings. The first-order chi connectivity index (χ1) is 16.3. The molecule has 0 heterocycles. The molecular weight excluding hydrogens is 432 g/mol. The monoisotopic (exact) mass is 464 g/mol. The fraction of sp³-hybridized carbons (Fsp3) is 0.444. The molecule has 4 rings (SSSR count). The van der Waals surface area contributed by atoms with Gasteiger partial charge in [0.1, 0.15) is 18.2 Å². The highest BCUT2D eigenvalue weighted by Gasteiger charge is 2.47. The van der Waals surface area contributed by atoms with Gasteiger partial charge in [-0.3, -0.25) is 4.79 Å². The Hall–Kier alpha value is -3.35. The van der Waals surface area contributed by atoms with Crippen LogP contribution in [0.3, 0.4) is 0 Å². The smallest absolute Gasteiger partial charge is 0.408 e. The van der Waals surface area contributed by atoms with Crippen LogP contribution in [0, 0.1) is 0 Å². The molecule has 2 N–H and O–H groups in total. The second-order valence-corrected chi connectivity index (χ2v) is 9.20. The minimum absolute atomic E-state index is 0.0819. The summed E-state index contributed by atoms with van der Waals surface area (Å²) in [5.74, 6) is -1.49. The standard InChI is InChI=1S/C27H32N2O5/c1-4-27(5-2,25(32)29(18-14-15-18)17(3)24(30)31)28-26(33)34-16-23-21-12-8-6-10-19(21)20-11-7-9-13-22(20)23/h6-13,17-18,23H,4-5,14-16H2,1-3H3,(H,28,33)(H,30,31). The third-order valence-electron chi connectivity index (χ3n) is 7.25. The molecule has 1 unspecified atom stereocenters. The number of nitrogens with zero attached hydrogens (tertiary/aromatic N) is 1. The lowest BCUT2D eigenvalue weighted by molar-refractivity contribution is -0.153. The molecule has 1 saturated carbocycles. The first-order valence-electron chi connectivity index (χ1n) is 12.0. The van der Waals surface area contributed by atoms with Crippen LogP contribution in [0.15, 0.2) is 48.5 Å². The van der Waals surface area contributed by atoms with Crippen LogP contribution >= 0.6 is 0 Å². The van der Waals surface area contributed by atoms with Gasteiger partial charge in [0.15, 0.2) is 0 Å². The lowest BCUT2D eigenvalue weighted by atomic mass is 9.90. The van der Waals surface area contributed by atoms with Gasteiger partial charge in [0, 0.05) is 12.0 Å². The molecule has 0 aromatic heterocycles. The number of alkyl carbamates (subject to hydrolysis) is 1. The van der Waals surface area contributed by atoms with Gasteiger partial charge in [-0.25, -0.2) is 9.59 Å². The lowest BCUT2D eigenvalue weighted by Gasteiger charge is -2.38. The van der Waals surface area contributed by atoms with Crippen molar-refractivity contribution < 1.29 is 24.2 Å². The van der Waals surface area contributed by atoms with Crippen LogP contribution < -0.4 is 5.32 Å². The van der Waals surface area contributed by atoms with E-state index in [9.17, 15) is 19.5 Å². The van der Waals surface area contributed by atoms with E-state index in [2.05, 4.69) is 17.4 Å². The number of hydrogen-bond acceptors (Lipinski definition) is 4. The molecule has 34 heavy (non-hydrogen) atoms. The molecule has 7 heteroatoms. The SMILES string of the molecule is CCC(CC)(NC(=O)OCC1c2ccccc2-c2ccccc21)C(=O)N(C1CC1)C(C)C(=O)O. The molecule has 2 aliphatic rings. The third-order valence-corrected chi connectivity index (χ3v) is 7.25. The molecule has 180 valence electrons. The Balaban J connectivity index is 1.50. The fourth-order valence-corrected chi connectivity index (χ4v) is 4.99. The summed E-state index contributed by atoms with van der Waals surface area (Å²) in [4.78, 5) is 39.6. The maximum absolute atomic E-state index is 13.6. The largest absolute Gasteiger partial charge is 0.480 e. The number of benzene rings is 2. The van der Waals surface area contributed by atoms with Crippen molar-refractivity contribution in [3.63, 3.8) is 0 Å². The second-order valence-electron chi connectivity index (χ2n) is 9.20. The molecule has 0 bridgehead atoms. The highest BCUT2D eigenvalue weighted by atomic mass is 16.5. The summed E-state index contributed by atoms with van der Waals surface area (Å²) < 4.78 is 5.68. The van der Waals surface area contributed by atoms with Crippen LogP contribution in [0.1, 0.15) is 63.5 Å². The molecular formula is C27H32N2O5. The number of fused-ring (bicyclic) bond motifs is 3. The Morgan fingerprint density at radius 3 is 2.03 bits per heavy atom. The number of aliphatic carboxylic acids is 1. The normalized spacial score (nSPS) is 15.7. The first-order valence-corrected chi connectivity index (χ1v) is 12.0. The van der Waals surface area contributed by atoms with Crippen LogP contribution in [-0.4, -0.2) is 52.2 Å². The third kappa shape index (κ3) is 4.27. The topological polar surface area (TPSA) is 95.9 Å². The van der Waals surface area contributed by atoms with Crippen LogP contribution in [0.5, 0.6) is 0 Å². The molecule has 1 atom stereocenters. The van der Waals surface area contributed by atoms with E-state index in [1.165, 1.54) is 11.8 Å². The second kappa shape index (κ2) is 9.49.